The van der Waals surface area contributed by atoms with Gasteiger partial charge < -0.3 is 9.47 Å². The Balaban J connectivity index is 0. The van der Waals surface area contributed by atoms with Gasteiger partial charge in [0.2, 0.25) is 0 Å². The Bertz CT molecular complexity index is 165. The molecule has 0 bridgehead atoms. The third-order valence-corrected chi connectivity index (χ3v) is 3.06. The molecule has 0 fully saturated rings. The normalized spacial score (nSPS) is 9.95. The molecule has 0 heterocycles. The summed E-state index contributed by atoms with van der Waals surface area (Å²) in [4.78, 5) is 9.85. The van der Waals surface area contributed by atoms with Crippen LogP contribution >= 0.6 is 0 Å². The molecule has 0 N–H and O–H groups in total. The van der Waals surface area contributed by atoms with Crippen LogP contribution in [0.2, 0.25) is 0 Å². The standard InChI is InChI=1S/C15H30O3.Na.H/c1-2-3-4-5-6-7-8-9-10-11-12-17-13-14-18-15-16;;/h15H,2-14H2,1H3;;. The molecule has 0 radical (unpaired) electrons. The van der Waals surface area contributed by atoms with Crippen LogP contribution in [0.3, 0.4) is 0 Å². The Morgan fingerprint density at radius 3 is 1.79 bits per heavy atom. The summed E-state index contributed by atoms with van der Waals surface area (Å²) in [5.41, 5.74) is 0. The molecule has 4 heteroatoms. The monoisotopic (exact) mass is 282 g/mol. The fourth-order valence-corrected chi connectivity index (χ4v) is 1.95. The molecule has 0 saturated heterocycles. The Labute approximate surface area is 141 Å². The van der Waals surface area contributed by atoms with E-state index in [1.165, 1.54) is 57.8 Å². The minimum atomic E-state index is 0. The van der Waals surface area contributed by atoms with Gasteiger partial charge in [-0.15, -0.1) is 0 Å². The molecule has 0 atom stereocenters. The average Bonchev–Trinajstić information content (AvgIpc) is 2.39. The topological polar surface area (TPSA) is 35.5 Å². The van der Waals surface area contributed by atoms with Crippen LogP contribution < -0.4 is 0 Å². The maximum atomic E-state index is 9.85. The molecule has 0 aliphatic carbocycles. The van der Waals surface area contributed by atoms with Gasteiger partial charge in [-0.1, -0.05) is 64.7 Å². The first-order valence-electron chi connectivity index (χ1n) is 7.54. The summed E-state index contributed by atoms with van der Waals surface area (Å²) in [6.07, 6.45) is 13.4. The zero-order chi connectivity index (χ0) is 13.3. The van der Waals surface area contributed by atoms with E-state index in [9.17, 15) is 4.79 Å². The van der Waals surface area contributed by atoms with E-state index in [0.717, 1.165) is 13.0 Å². The Kier molecular flexibility index (Phi) is 23.7. The van der Waals surface area contributed by atoms with E-state index in [0.29, 0.717) is 19.7 Å². The molecular weight excluding hydrogens is 251 g/mol. The molecule has 0 spiro atoms. The zero-order valence-electron chi connectivity index (χ0n) is 12.0. The first-order valence-corrected chi connectivity index (χ1v) is 7.54. The van der Waals surface area contributed by atoms with Gasteiger partial charge in [0, 0.05) is 6.61 Å². The van der Waals surface area contributed by atoms with Gasteiger partial charge in [0.05, 0.1) is 6.61 Å². The average molecular weight is 282 g/mol. The predicted molar refractivity (Wildman–Crippen MR) is 81.8 cm³/mol. The molecule has 3 nitrogen and oxygen atoms in total. The molecule has 0 aromatic carbocycles. The van der Waals surface area contributed by atoms with Gasteiger partial charge in [0.25, 0.3) is 6.47 Å². The number of hydrogen-bond donors (Lipinski definition) is 0. The van der Waals surface area contributed by atoms with Crippen molar-refractivity contribution in [3.05, 3.63) is 0 Å². The van der Waals surface area contributed by atoms with Crippen LogP contribution in [-0.4, -0.2) is 55.9 Å². The van der Waals surface area contributed by atoms with E-state index in [1.807, 2.05) is 0 Å². The summed E-state index contributed by atoms with van der Waals surface area (Å²) in [6, 6.07) is 0. The fraction of sp³-hybridized carbons (Fsp3) is 0.933. The maximum absolute atomic E-state index is 9.85. The molecule has 0 aromatic rings. The fourth-order valence-electron chi connectivity index (χ4n) is 1.95. The molecule has 0 rings (SSSR count). The van der Waals surface area contributed by atoms with Crippen LogP contribution in [-0.2, 0) is 14.3 Å². The quantitative estimate of drug-likeness (QED) is 0.262. The van der Waals surface area contributed by atoms with Crippen molar-refractivity contribution in [2.75, 3.05) is 19.8 Å². The van der Waals surface area contributed by atoms with Crippen LogP contribution in [0, 0.1) is 0 Å². The number of hydrogen-bond acceptors (Lipinski definition) is 3. The summed E-state index contributed by atoms with van der Waals surface area (Å²) in [6.45, 7) is 4.41. The summed E-state index contributed by atoms with van der Waals surface area (Å²) in [7, 11) is 0. The van der Waals surface area contributed by atoms with Crippen molar-refractivity contribution in [1.29, 1.82) is 0 Å². The van der Waals surface area contributed by atoms with E-state index in [4.69, 9.17) is 4.74 Å². The van der Waals surface area contributed by atoms with Crippen molar-refractivity contribution >= 4 is 36.0 Å². The predicted octanol–water partition coefficient (Wildman–Crippen LogP) is 3.45. The van der Waals surface area contributed by atoms with Crippen LogP contribution in [0.1, 0.15) is 71.1 Å². The van der Waals surface area contributed by atoms with Gasteiger partial charge in [-0.05, 0) is 6.42 Å². The summed E-state index contributed by atoms with van der Waals surface area (Å²) >= 11 is 0. The summed E-state index contributed by atoms with van der Waals surface area (Å²) in [5.74, 6) is 0. The Hall–Kier alpha value is 0.430. The molecule has 0 unspecified atom stereocenters. The van der Waals surface area contributed by atoms with E-state index < -0.39 is 0 Å². The third-order valence-electron chi connectivity index (χ3n) is 3.06. The van der Waals surface area contributed by atoms with Crippen molar-refractivity contribution < 1.29 is 14.3 Å². The van der Waals surface area contributed by atoms with Crippen molar-refractivity contribution in [2.24, 2.45) is 0 Å². The second-order valence-corrected chi connectivity index (χ2v) is 4.76. The van der Waals surface area contributed by atoms with E-state index in [-0.39, 0.29) is 29.6 Å². The zero-order valence-corrected chi connectivity index (χ0v) is 12.0. The summed E-state index contributed by atoms with van der Waals surface area (Å²) < 4.78 is 9.85. The number of rotatable bonds is 15. The number of carbonyl (C=O) groups is 1. The molecule has 0 amide bonds. The second kappa shape index (κ2) is 20.7. The van der Waals surface area contributed by atoms with Crippen LogP contribution in [0.4, 0.5) is 0 Å². The molecule has 0 saturated carbocycles. The van der Waals surface area contributed by atoms with Crippen molar-refractivity contribution in [3.63, 3.8) is 0 Å². The molecule has 110 valence electrons. The van der Waals surface area contributed by atoms with Gasteiger partial charge >= 0.3 is 29.6 Å². The Morgan fingerprint density at radius 2 is 1.26 bits per heavy atom. The van der Waals surface area contributed by atoms with E-state index in [2.05, 4.69) is 11.7 Å². The first kappa shape index (κ1) is 21.7. The van der Waals surface area contributed by atoms with Gasteiger partial charge in [0.1, 0.15) is 6.61 Å². The third kappa shape index (κ3) is 20.9. The first-order chi connectivity index (χ1) is 8.91. The molecule has 0 aliphatic heterocycles. The van der Waals surface area contributed by atoms with Gasteiger partial charge in [-0.3, -0.25) is 4.79 Å². The number of ether oxygens (including phenoxy) is 2. The molecule has 0 aliphatic rings. The second-order valence-electron chi connectivity index (χ2n) is 4.76. The molecular formula is C15H31NaO3. The summed E-state index contributed by atoms with van der Waals surface area (Å²) in [5, 5.41) is 0. The number of unbranched alkanes of at least 4 members (excludes halogenated alkanes) is 9. The van der Waals surface area contributed by atoms with Gasteiger partial charge in [-0.25, -0.2) is 0 Å². The van der Waals surface area contributed by atoms with Gasteiger partial charge in [-0.2, -0.15) is 0 Å². The Morgan fingerprint density at radius 1 is 0.737 bits per heavy atom. The molecule has 0 aromatic heterocycles. The van der Waals surface area contributed by atoms with Gasteiger partial charge in [0.15, 0.2) is 0 Å². The minimum absolute atomic E-state index is 0. The van der Waals surface area contributed by atoms with Crippen LogP contribution in [0.5, 0.6) is 0 Å². The van der Waals surface area contributed by atoms with Crippen LogP contribution in [0.25, 0.3) is 0 Å². The number of carbonyl (C=O) groups excluding carboxylic acids is 1. The SMILES string of the molecule is CCCCCCCCCCCCOCCOC=O.[NaH]. The van der Waals surface area contributed by atoms with Crippen molar-refractivity contribution in [1.82, 2.24) is 0 Å². The van der Waals surface area contributed by atoms with Crippen molar-refractivity contribution in [3.8, 4) is 0 Å². The van der Waals surface area contributed by atoms with E-state index in [1.54, 1.807) is 0 Å². The van der Waals surface area contributed by atoms with Crippen LogP contribution in [0.15, 0.2) is 0 Å². The van der Waals surface area contributed by atoms with E-state index >= 15 is 0 Å². The molecule has 19 heavy (non-hydrogen) atoms. The van der Waals surface area contributed by atoms with Crippen molar-refractivity contribution in [2.45, 2.75) is 71.1 Å².